The van der Waals surface area contributed by atoms with Crippen LogP contribution in [-0.4, -0.2) is 28.7 Å². The van der Waals surface area contributed by atoms with Gasteiger partial charge in [-0.15, -0.1) is 0 Å². The van der Waals surface area contributed by atoms with Gasteiger partial charge in [0.1, 0.15) is 0 Å². The van der Waals surface area contributed by atoms with Gasteiger partial charge in [-0.1, -0.05) is 18.2 Å². The summed E-state index contributed by atoms with van der Waals surface area (Å²) in [6, 6.07) is 8.15. The highest BCUT2D eigenvalue weighted by atomic mass is 16.4. The predicted molar refractivity (Wildman–Crippen MR) is 69.7 cm³/mol. The molecule has 18 heavy (non-hydrogen) atoms. The molecule has 94 valence electrons. The van der Waals surface area contributed by atoms with E-state index in [4.69, 9.17) is 0 Å². The van der Waals surface area contributed by atoms with E-state index in [0.29, 0.717) is 6.54 Å². The molecule has 2 unspecified atom stereocenters. The summed E-state index contributed by atoms with van der Waals surface area (Å²) in [7, 11) is 2.00. The summed E-state index contributed by atoms with van der Waals surface area (Å²) in [6.07, 6.45) is 2.07. The lowest BCUT2D eigenvalue weighted by molar-refractivity contribution is -0.141. The molecule has 1 aliphatic rings. The Morgan fingerprint density at radius 1 is 1.39 bits per heavy atom. The average molecular weight is 244 g/mol. The van der Waals surface area contributed by atoms with Gasteiger partial charge >= 0.3 is 5.97 Å². The van der Waals surface area contributed by atoms with Crippen molar-refractivity contribution in [1.82, 2.24) is 9.88 Å². The molecule has 4 nitrogen and oxygen atoms in total. The Labute approximate surface area is 105 Å². The third-order valence-corrected chi connectivity index (χ3v) is 3.86. The fourth-order valence-electron chi connectivity index (χ4n) is 2.93. The minimum atomic E-state index is -0.710. The van der Waals surface area contributed by atoms with Crippen molar-refractivity contribution in [3.63, 3.8) is 0 Å². The first-order valence-corrected chi connectivity index (χ1v) is 6.16. The Hall–Kier alpha value is -1.81. The van der Waals surface area contributed by atoms with Crippen LogP contribution < -0.4 is 5.32 Å². The maximum absolute atomic E-state index is 11.3. The van der Waals surface area contributed by atoms with Crippen molar-refractivity contribution in [2.45, 2.75) is 5.92 Å². The molecule has 2 N–H and O–H groups in total. The second-order valence-electron chi connectivity index (χ2n) is 4.92. The monoisotopic (exact) mass is 244 g/mol. The van der Waals surface area contributed by atoms with E-state index in [2.05, 4.69) is 28.2 Å². The number of aliphatic carboxylic acids is 1. The van der Waals surface area contributed by atoms with Crippen LogP contribution >= 0.6 is 0 Å². The number of nitrogens with one attached hydrogen (secondary N) is 1. The molecular weight excluding hydrogens is 228 g/mol. The Morgan fingerprint density at radius 3 is 2.94 bits per heavy atom. The Balaban J connectivity index is 2.12. The Kier molecular flexibility index (Phi) is 2.59. The second kappa shape index (κ2) is 4.14. The standard InChI is InChI=1S/C14H16N2O2/c1-16-8-12(9-4-2-3-5-13(9)16)10-6-15-7-11(10)14(17)18/h2-5,8,10-11,15H,6-7H2,1H3,(H,17,18). The summed E-state index contributed by atoms with van der Waals surface area (Å²) in [4.78, 5) is 11.3. The number of rotatable bonds is 2. The summed E-state index contributed by atoms with van der Waals surface area (Å²) in [5.41, 5.74) is 2.30. The number of hydrogen-bond acceptors (Lipinski definition) is 2. The van der Waals surface area contributed by atoms with Crippen molar-refractivity contribution in [2.24, 2.45) is 13.0 Å². The topological polar surface area (TPSA) is 54.3 Å². The summed E-state index contributed by atoms with van der Waals surface area (Å²) in [6.45, 7) is 1.30. The van der Waals surface area contributed by atoms with Crippen molar-refractivity contribution >= 4 is 16.9 Å². The molecule has 0 saturated carbocycles. The number of nitrogens with zero attached hydrogens (tertiary/aromatic N) is 1. The van der Waals surface area contributed by atoms with Gasteiger partial charge < -0.3 is 15.0 Å². The van der Waals surface area contributed by atoms with Crippen LogP contribution in [0.5, 0.6) is 0 Å². The normalized spacial score (nSPS) is 23.6. The van der Waals surface area contributed by atoms with Crippen molar-refractivity contribution in [2.75, 3.05) is 13.1 Å². The summed E-state index contributed by atoms with van der Waals surface area (Å²) < 4.78 is 2.07. The number of carboxylic acid groups (broad SMARTS) is 1. The zero-order valence-corrected chi connectivity index (χ0v) is 10.3. The third kappa shape index (κ3) is 1.61. The number of para-hydroxylation sites is 1. The maximum atomic E-state index is 11.3. The molecule has 0 spiro atoms. The van der Waals surface area contributed by atoms with Gasteiger partial charge in [-0.3, -0.25) is 4.79 Å². The van der Waals surface area contributed by atoms with E-state index >= 15 is 0 Å². The molecule has 4 heteroatoms. The van der Waals surface area contributed by atoms with Crippen LogP contribution in [0.4, 0.5) is 0 Å². The van der Waals surface area contributed by atoms with Gasteiger partial charge in [0.25, 0.3) is 0 Å². The van der Waals surface area contributed by atoms with Crippen LogP contribution in [0.3, 0.4) is 0 Å². The van der Waals surface area contributed by atoms with Crippen LogP contribution in [0, 0.1) is 5.92 Å². The van der Waals surface area contributed by atoms with E-state index in [-0.39, 0.29) is 11.8 Å². The third-order valence-electron chi connectivity index (χ3n) is 3.86. The lowest BCUT2D eigenvalue weighted by Gasteiger charge is -2.13. The van der Waals surface area contributed by atoms with Crippen LogP contribution in [0.15, 0.2) is 30.5 Å². The van der Waals surface area contributed by atoms with E-state index < -0.39 is 5.97 Å². The van der Waals surface area contributed by atoms with Gasteiger partial charge in [-0.05, 0) is 11.6 Å². The van der Waals surface area contributed by atoms with E-state index in [1.165, 1.54) is 5.39 Å². The van der Waals surface area contributed by atoms with E-state index in [9.17, 15) is 9.90 Å². The zero-order valence-electron chi connectivity index (χ0n) is 10.3. The summed E-state index contributed by atoms with van der Waals surface area (Å²) in [5, 5.41) is 13.6. The minimum Gasteiger partial charge on any atom is -0.481 e. The lowest BCUT2D eigenvalue weighted by Crippen LogP contribution is -2.20. The molecule has 2 aromatic rings. The fraction of sp³-hybridized carbons (Fsp3) is 0.357. The molecule has 0 bridgehead atoms. The number of carboxylic acids is 1. The molecule has 1 aliphatic heterocycles. The molecule has 1 fully saturated rings. The van der Waals surface area contributed by atoms with Gasteiger partial charge in [0.15, 0.2) is 0 Å². The van der Waals surface area contributed by atoms with Crippen molar-refractivity contribution in [3.8, 4) is 0 Å². The van der Waals surface area contributed by atoms with Gasteiger partial charge in [-0.25, -0.2) is 0 Å². The fourth-order valence-corrected chi connectivity index (χ4v) is 2.93. The number of hydrogen-bond donors (Lipinski definition) is 2. The molecule has 1 aromatic heterocycles. The van der Waals surface area contributed by atoms with Crippen LogP contribution in [-0.2, 0) is 11.8 Å². The summed E-state index contributed by atoms with van der Waals surface area (Å²) >= 11 is 0. The number of benzene rings is 1. The number of fused-ring (bicyclic) bond motifs is 1. The first-order chi connectivity index (χ1) is 8.68. The molecule has 3 rings (SSSR count). The van der Waals surface area contributed by atoms with Gasteiger partial charge in [0.2, 0.25) is 0 Å². The second-order valence-corrected chi connectivity index (χ2v) is 4.92. The van der Waals surface area contributed by atoms with Gasteiger partial charge in [-0.2, -0.15) is 0 Å². The van der Waals surface area contributed by atoms with Gasteiger partial charge in [0, 0.05) is 43.2 Å². The minimum absolute atomic E-state index is 0.0635. The molecule has 2 heterocycles. The number of carbonyl (C=O) groups is 1. The SMILES string of the molecule is Cn1cc(C2CNCC2C(=O)O)c2ccccc21. The quantitative estimate of drug-likeness (QED) is 0.843. The largest absolute Gasteiger partial charge is 0.481 e. The number of aromatic nitrogens is 1. The van der Waals surface area contributed by atoms with Crippen LogP contribution in [0.2, 0.25) is 0 Å². The molecule has 0 aliphatic carbocycles. The van der Waals surface area contributed by atoms with Crippen LogP contribution in [0.25, 0.3) is 10.9 Å². The molecule has 1 aromatic carbocycles. The first kappa shape index (κ1) is 11.3. The molecular formula is C14H16N2O2. The van der Waals surface area contributed by atoms with Crippen molar-refractivity contribution < 1.29 is 9.90 Å². The average Bonchev–Trinajstić information content (AvgIpc) is 2.95. The highest BCUT2D eigenvalue weighted by Crippen LogP contribution is 2.34. The highest BCUT2D eigenvalue weighted by molar-refractivity contribution is 5.85. The maximum Gasteiger partial charge on any atom is 0.308 e. The molecule has 0 radical (unpaired) electrons. The molecule has 0 amide bonds. The van der Waals surface area contributed by atoms with Gasteiger partial charge in [0.05, 0.1) is 5.92 Å². The first-order valence-electron chi connectivity index (χ1n) is 6.16. The lowest BCUT2D eigenvalue weighted by atomic mass is 9.89. The highest BCUT2D eigenvalue weighted by Gasteiger charge is 2.35. The molecule has 2 atom stereocenters. The van der Waals surface area contributed by atoms with E-state index in [1.54, 1.807) is 0 Å². The van der Waals surface area contributed by atoms with Crippen molar-refractivity contribution in [3.05, 3.63) is 36.0 Å². The predicted octanol–water partition coefficient (Wildman–Crippen LogP) is 1.57. The van der Waals surface area contributed by atoms with Crippen molar-refractivity contribution in [1.29, 1.82) is 0 Å². The smallest absolute Gasteiger partial charge is 0.308 e. The zero-order chi connectivity index (χ0) is 12.7. The Bertz CT molecular complexity index is 603. The Morgan fingerprint density at radius 2 is 2.17 bits per heavy atom. The number of aryl methyl sites for hydroxylation is 1. The van der Waals surface area contributed by atoms with E-state index in [1.807, 2.05) is 19.2 Å². The summed E-state index contributed by atoms with van der Waals surface area (Å²) in [5.74, 6) is -0.970. The van der Waals surface area contributed by atoms with Crippen LogP contribution in [0.1, 0.15) is 11.5 Å². The van der Waals surface area contributed by atoms with E-state index in [0.717, 1.165) is 17.6 Å². The molecule has 1 saturated heterocycles.